The number of nitrogens with zero attached hydrogens (tertiary/aromatic N) is 2. The van der Waals surface area contributed by atoms with Crippen LogP contribution in [0.15, 0.2) is 36.4 Å². The molecule has 0 bridgehead atoms. The second-order valence-corrected chi connectivity index (χ2v) is 9.14. The number of ether oxygens (including phenoxy) is 2. The van der Waals surface area contributed by atoms with Gasteiger partial charge in [-0.2, -0.15) is 0 Å². The van der Waals surface area contributed by atoms with Crippen molar-refractivity contribution < 1.29 is 23.9 Å². The summed E-state index contributed by atoms with van der Waals surface area (Å²) in [6, 6.07) is 9.81. The number of amides is 3. The molecule has 3 rings (SSSR count). The van der Waals surface area contributed by atoms with E-state index >= 15 is 0 Å². The van der Waals surface area contributed by atoms with E-state index in [2.05, 4.69) is 5.32 Å². The quantitative estimate of drug-likeness (QED) is 0.631. The molecule has 9 heteroatoms. The third-order valence-electron chi connectivity index (χ3n) is 5.38. The second kappa shape index (κ2) is 10.8. The molecule has 1 aliphatic heterocycles. The molecule has 1 unspecified atom stereocenters. The minimum atomic E-state index is -0.395. The van der Waals surface area contributed by atoms with Crippen LogP contribution in [0.25, 0.3) is 0 Å². The third kappa shape index (κ3) is 5.62. The topological polar surface area (TPSA) is 88.2 Å². The average molecular weight is 488 g/mol. The molecule has 0 saturated heterocycles. The fraction of sp³-hybridized carbons (Fsp3) is 0.400. The fourth-order valence-corrected chi connectivity index (χ4v) is 4.04. The van der Waals surface area contributed by atoms with Crippen molar-refractivity contribution in [3.05, 3.63) is 47.0 Å². The fourth-order valence-electron chi connectivity index (χ4n) is 3.77. The summed E-state index contributed by atoms with van der Waals surface area (Å²) in [5.41, 5.74) is 1.44. The number of benzene rings is 2. The number of carbonyl (C=O) groups excluding carboxylic acids is 3. The van der Waals surface area contributed by atoms with Crippen LogP contribution in [0, 0.1) is 5.92 Å². The maximum Gasteiger partial charge on any atom is 0.254 e. The molecule has 0 saturated carbocycles. The Kier molecular flexibility index (Phi) is 8.04. The van der Waals surface area contributed by atoms with Gasteiger partial charge in [0.25, 0.3) is 5.91 Å². The molecule has 34 heavy (non-hydrogen) atoms. The number of hydrogen-bond donors (Lipinski definition) is 1. The molecule has 2 aromatic rings. The van der Waals surface area contributed by atoms with E-state index < -0.39 is 5.91 Å². The lowest BCUT2D eigenvalue weighted by atomic mass is 10.1. The second-order valence-electron chi connectivity index (χ2n) is 8.74. The average Bonchev–Trinajstić information content (AvgIpc) is 2.90. The number of methoxy groups -OCH3 is 1. The van der Waals surface area contributed by atoms with Gasteiger partial charge in [0.05, 0.1) is 30.1 Å². The highest BCUT2D eigenvalue weighted by Crippen LogP contribution is 2.37. The van der Waals surface area contributed by atoms with Crippen LogP contribution in [0.2, 0.25) is 5.02 Å². The molecule has 3 amide bonds. The van der Waals surface area contributed by atoms with Crippen molar-refractivity contribution in [3.63, 3.8) is 0 Å². The molecular weight excluding hydrogens is 458 g/mol. The summed E-state index contributed by atoms with van der Waals surface area (Å²) >= 11 is 6.39. The maximum absolute atomic E-state index is 13.3. The monoisotopic (exact) mass is 487 g/mol. The molecule has 0 spiro atoms. The lowest BCUT2D eigenvalue weighted by molar-refractivity contribution is -0.119. The van der Waals surface area contributed by atoms with Crippen molar-refractivity contribution in [1.82, 2.24) is 4.90 Å². The van der Waals surface area contributed by atoms with Gasteiger partial charge in [-0.15, -0.1) is 0 Å². The first-order chi connectivity index (χ1) is 16.1. The molecule has 1 atom stereocenters. The van der Waals surface area contributed by atoms with Gasteiger partial charge < -0.3 is 24.6 Å². The Morgan fingerprint density at radius 2 is 1.97 bits per heavy atom. The highest BCUT2D eigenvalue weighted by molar-refractivity contribution is 6.32. The number of rotatable bonds is 7. The van der Waals surface area contributed by atoms with Crippen LogP contribution in [0.1, 0.15) is 37.6 Å². The highest BCUT2D eigenvalue weighted by atomic mass is 35.5. The molecule has 0 aromatic heterocycles. The van der Waals surface area contributed by atoms with Crippen LogP contribution in [0.5, 0.6) is 11.5 Å². The lowest BCUT2D eigenvalue weighted by Gasteiger charge is -2.30. The number of halogens is 1. The minimum absolute atomic E-state index is 0.155. The molecule has 0 fully saturated rings. The van der Waals surface area contributed by atoms with E-state index in [4.69, 9.17) is 21.1 Å². The number of para-hydroxylation sites is 2. The largest absolute Gasteiger partial charge is 0.493 e. The molecule has 8 nitrogen and oxygen atoms in total. The zero-order valence-electron chi connectivity index (χ0n) is 20.1. The van der Waals surface area contributed by atoms with Gasteiger partial charge in [0.2, 0.25) is 11.8 Å². The van der Waals surface area contributed by atoms with E-state index in [9.17, 15) is 14.4 Å². The predicted molar refractivity (Wildman–Crippen MR) is 132 cm³/mol. The van der Waals surface area contributed by atoms with E-state index in [1.807, 2.05) is 20.8 Å². The standard InChI is InChI=1S/C25H30ClN3O5/c1-15(2)14-34-24-18(26)11-17(12-21(24)33-5)25(32)28(4)13-23(31)29-16(3)10-22(30)27-19-8-6-7-9-20(19)29/h6-9,11-12,15-16H,10,13-14H2,1-5H3,(H,27,30). The highest BCUT2D eigenvalue weighted by Gasteiger charge is 2.31. The molecule has 1 N–H and O–H groups in total. The molecule has 2 aromatic carbocycles. The number of anilines is 2. The van der Waals surface area contributed by atoms with E-state index in [1.54, 1.807) is 42.3 Å². The number of carbonyl (C=O) groups is 3. The summed E-state index contributed by atoms with van der Waals surface area (Å²) in [5, 5.41) is 3.08. The van der Waals surface area contributed by atoms with Gasteiger partial charge in [-0.25, -0.2) is 0 Å². The van der Waals surface area contributed by atoms with E-state index in [0.717, 1.165) is 0 Å². The van der Waals surface area contributed by atoms with E-state index in [0.29, 0.717) is 29.5 Å². The first kappa shape index (κ1) is 25.4. The Bertz CT molecular complexity index is 1090. The summed E-state index contributed by atoms with van der Waals surface area (Å²) < 4.78 is 11.1. The Labute approximate surface area is 204 Å². The summed E-state index contributed by atoms with van der Waals surface area (Å²) in [6.45, 7) is 6.10. The molecule has 182 valence electrons. The summed E-state index contributed by atoms with van der Waals surface area (Å²) in [6.07, 6.45) is 0.155. The van der Waals surface area contributed by atoms with Crippen molar-refractivity contribution in [1.29, 1.82) is 0 Å². The number of likely N-dealkylation sites (N-methyl/N-ethyl adjacent to an activating group) is 1. The minimum Gasteiger partial charge on any atom is -0.493 e. The molecule has 1 aliphatic rings. The maximum atomic E-state index is 13.3. The Morgan fingerprint density at radius 3 is 2.65 bits per heavy atom. The van der Waals surface area contributed by atoms with Crippen LogP contribution in [-0.2, 0) is 9.59 Å². The van der Waals surface area contributed by atoms with Crippen LogP contribution in [0.3, 0.4) is 0 Å². The van der Waals surface area contributed by atoms with Gasteiger partial charge in [-0.1, -0.05) is 37.6 Å². The van der Waals surface area contributed by atoms with Gasteiger partial charge >= 0.3 is 0 Å². The number of nitrogens with one attached hydrogen (secondary N) is 1. The van der Waals surface area contributed by atoms with Gasteiger partial charge in [0.1, 0.15) is 6.54 Å². The van der Waals surface area contributed by atoms with Gasteiger partial charge in [0.15, 0.2) is 11.5 Å². The predicted octanol–water partition coefficient (Wildman–Crippen LogP) is 4.22. The number of fused-ring (bicyclic) bond motifs is 1. The van der Waals surface area contributed by atoms with Crippen LogP contribution in [-0.4, -0.2) is 56.0 Å². The van der Waals surface area contributed by atoms with Crippen molar-refractivity contribution in [2.24, 2.45) is 5.92 Å². The van der Waals surface area contributed by atoms with Gasteiger partial charge in [0, 0.05) is 25.1 Å². The van der Waals surface area contributed by atoms with E-state index in [1.165, 1.54) is 18.1 Å². The van der Waals surface area contributed by atoms with Crippen molar-refractivity contribution in [2.45, 2.75) is 33.2 Å². The van der Waals surface area contributed by atoms with E-state index in [-0.39, 0.29) is 47.3 Å². The van der Waals surface area contributed by atoms with Crippen LogP contribution < -0.4 is 19.7 Å². The molecular formula is C25H30ClN3O5. The number of hydrogen-bond acceptors (Lipinski definition) is 5. The van der Waals surface area contributed by atoms with Crippen LogP contribution in [0.4, 0.5) is 11.4 Å². The smallest absolute Gasteiger partial charge is 0.254 e. The van der Waals surface area contributed by atoms with Gasteiger partial charge in [-0.3, -0.25) is 14.4 Å². The zero-order valence-corrected chi connectivity index (χ0v) is 20.8. The first-order valence-corrected chi connectivity index (χ1v) is 11.5. The summed E-state index contributed by atoms with van der Waals surface area (Å²) in [5.74, 6) is 0.143. The summed E-state index contributed by atoms with van der Waals surface area (Å²) in [4.78, 5) is 41.5. The third-order valence-corrected chi connectivity index (χ3v) is 5.67. The molecule has 0 aliphatic carbocycles. The van der Waals surface area contributed by atoms with Crippen LogP contribution >= 0.6 is 11.6 Å². The first-order valence-electron chi connectivity index (χ1n) is 11.1. The van der Waals surface area contributed by atoms with Gasteiger partial charge in [-0.05, 0) is 37.1 Å². The zero-order chi connectivity index (χ0) is 25.0. The molecule has 0 radical (unpaired) electrons. The Hall–Kier alpha value is -3.26. The van der Waals surface area contributed by atoms with Crippen molar-refractivity contribution in [3.8, 4) is 11.5 Å². The SMILES string of the molecule is COc1cc(C(=O)N(C)CC(=O)N2c3ccccc3NC(=O)CC2C)cc(Cl)c1OCC(C)C. The Balaban J connectivity index is 1.81. The molecule has 1 heterocycles. The lowest BCUT2D eigenvalue weighted by Crippen LogP contribution is -2.45. The van der Waals surface area contributed by atoms with Crippen molar-refractivity contribution >= 4 is 40.7 Å². The Morgan fingerprint density at radius 1 is 1.26 bits per heavy atom. The normalized spacial score (nSPS) is 15.3. The van der Waals surface area contributed by atoms with Crippen molar-refractivity contribution in [2.75, 3.05) is 37.5 Å². The summed E-state index contributed by atoms with van der Waals surface area (Å²) in [7, 11) is 3.02.